The Kier molecular flexibility index (Phi) is 5.09. The summed E-state index contributed by atoms with van der Waals surface area (Å²) >= 11 is 8.61. The van der Waals surface area contributed by atoms with Crippen LogP contribution < -0.4 is 10.6 Å². The standard InChI is InChI=1S/C15H16BrN3S/c1-19(9-6-11-4-7-18-8-5-11)14-10-12(16)2-3-13(14)15(17)20/h2-5,7-8,10H,6,9H2,1H3,(H2,17,20). The summed E-state index contributed by atoms with van der Waals surface area (Å²) in [5.41, 5.74) is 9.00. The Balaban J connectivity index is 2.14. The van der Waals surface area contributed by atoms with Crippen LogP contribution in [0.3, 0.4) is 0 Å². The summed E-state index contributed by atoms with van der Waals surface area (Å²) in [6.07, 6.45) is 4.58. The van der Waals surface area contributed by atoms with Gasteiger partial charge in [0, 0.05) is 41.7 Å². The first-order chi connectivity index (χ1) is 9.58. The number of benzene rings is 1. The number of anilines is 1. The van der Waals surface area contributed by atoms with Crippen molar-refractivity contribution in [3.63, 3.8) is 0 Å². The number of pyridine rings is 1. The molecule has 2 N–H and O–H groups in total. The molecule has 0 spiro atoms. The molecule has 0 radical (unpaired) electrons. The molecule has 1 heterocycles. The van der Waals surface area contributed by atoms with Gasteiger partial charge in [0.15, 0.2) is 0 Å². The van der Waals surface area contributed by atoms with E-state index >= 15 is 0 Å². The van der Waals surface area contributed by atoms with Crippen LogP contribution in [0.1, 0.15) is 11.1 Å². The zero-order valence-electron chi connectivity index (χ0n) is 11.2. The largest absolute Gasteiger partial charge is 0.389 e. The van der Waals surface area contributed by atoms with Crippen LogP contribution in [0.25, 0.3) is 0 Å². The van der Waals surface area contributed by atoms with Crippen LogP contribution in [0.15, 0.2) is 47.2 Å². The maximum atomic E-state index is 5.79. The summed E-state index contributed by atoms with van der Waals surface area (Å²) < 4.78 is 1.02. The fraction of sp³-hybridized carbons (Fsp3) is 0.200. The van der Waals surface area contributed by atoms with Crippen LogP contribution >= 0.6 is 28.1 Å². The van der Waals surface area contributed by atoms with Gasteiger partial charge in [0.1, 0.15) is 4.99 Å². The molecule has 0 saturated heterocycles. The van der Waals surface area contributed by atoms with E-state index in [4.69, 9.17) is 18.0 Å². The quantitative estimate of drug-likeness (QED) is 0.842. The second kappa shape index (κ2) is 6.81. The van der Waals surface area contributed by atoms with Crippen molar-refractivity contribution < 1.29 is 0 Å². The number of aromatic nitrogens is 1. The predicted molar refractivity (Wildman–Crippen MR) is 91.2 cm³/mol. The predicted octanol–water partition coefficient (Wildman–Crippen LogP) is 3.16. The lowest BCUT2D eigenvalue weighted by Gasteiger charge is -2.22. The molecule has 104 valence electrons. The maximum Gasteiger partial charge on any atom is 0.106 e. The Morgan fingerprint density at radius 2 is 2.00 bits per heavy atom. The van der Waals surface area contributed by atoms with Crippen molar-refractivity contribution in [2.45, 2.75) is 6.42 Å². The third kappa shape index (κ3) is 3.77. The molecular formula is C15H16BrN3S. The van der Waals surface area contributed by atoms with Crippen LogP contribution in [0, 0.1) is 0 Å². The molecule has 0 amide bonds. The van der Waals surface area contributed by atoms with E-state index in [0.29, 0.717) is 4.99 Å². The highest BCUT2D eigenvalue weighted by Gasteiger charge is 2.10. The van der Waals surface area contributed by atoms with Gasteiger partial charge < -0.3 is 10.6 Å². The summed E-state index contributed by atoms with van der Waals surface area (Å²) in [6.45, 7) is 0.885. The van der Waals surface area contributed by atoms with E-state index in [2.05, 4.69) is 25.8 Å². The van der Waals surface area contributed by atoms with Crippen LogP contribution in [0.2, 0.25) is 0 Å². The summed E-state index contributed by atoms with van der Waals surface area (Å²) in [5.74, 6) is 0. The van der Waals surface area contributed by atoms with E-state index in [1.165, 1.54) is 5.56 Å². The molecule has 0 unspecified atom stereocenters. The first-order valence-electron chi connectivity index (χ1n) is 6.27. The van der Waals surface area contributed by atoms with Gasteiger partial charge in [-0.05, 0) is 42.3 Å². The van der Waals surface area contributed by atoms with Crippen LogP contribution in [-0.4, -0.2) is 23.6 Å². The molecule has 3 nitrogen and oxygen atoms in total. The normalized spacial score (nSPS) is 10.3. The third-order valence-electron chi connectivity index (χ3n) is 3.12. The van der Waals surface area contributed by atoms with Crippen molar-refractivity contribution in [3.8, 4) is 0 Å². The fourth-order valence-corrected chi connectivity index (χ4v) is 2.52. The minimum Gasteiger partial charge on any atom is -0.389 e. The second-order valence-corrected chi connectivity index (χ2v) is 5.91. The highest BCUT2D eigenvalue weighted by Crippen LogP contribution is 2.24. The lowest BCUT2D eigenvalue weighted by Crippen LogP contribution is -2.24. The molecule has 0 saturated carbocycles. The van der Waals surface area contributed by atoms with E-state index in [1.807, 2.05) is 49.8 Å². The zero-order chi connectivity index (χ0) is 14.5. The molecule has 2 rings (SSSR count). The van der Waals surface area contributed by atoms with E-state index in [9.17, 15) is 0 Å². The molecule has 1 aromatic carbocycles. The van der Waals surface area contributed by atoms with Gasteiger partial charge in [0.2, 0.25) is 0 Å². The Bertz CT molecular complexity index is 601. The average molecular weight is 350 g/mol. The molecule has 20 heavy (non-hydrogen) atoms. The lowest BCUT2D eigenvalue weighted by atomic mass is 10.1. The van der Waals surface area contributed by atoms with Gasteiger partial charge in [-0.25, -0.2) is 0 Å². The van der Waals surface area contributed by atoms with Gasteiger partial charge >= 0.3 is 0 Å². The van der Waals surface area contributed by atoms with Gasteiger partial charge in [-0.1, -0.05) is 28.1 Å². The molecule has 0 bridgehead atoms. The molecule has 0 atom stereocenters. The highest BCUT2D eigenvalue weighted by atomic mass is 79.9. The van der Waals surface area contributed by atoms with Crippen molar-refractivity contribution >= 4 is 38.8 Å². The number of nitrogens with zero attached hydrogens (tertiary/aromatic N) is 2. The van der Waals surface area contributed by atoms with E-state index < -0.39 is 0 Å². The first kappa shape index (κ1) is 14.9. The molecule has 0 aliphatic carbocycles. The number of hydrogen-bond donors (Lipinski definition) is 1. The topological polar surface area (TPSA) is 42.2 Å². The molecule has 5 heteroatoms. The molecule has 1 aromatic heterocycles. The number of likely N-dealkylation sites (N-methyl/N-ethyl adjacent to an activating group) is 1. The molecule has 2 aromatic rings. The Morgan fingerprint density at radius 3 is 2.65 bits per heavy atom. The van der Waals surface area contributed by atoms with Crippen molar-refractivity contribution in [2.24, 2.45) is 5.73 Å². The number of halogens is 1. The minimum absolute atomic E-state index is 0.420. The second-order valence-electron chi connectivity index (χ2n) is 4.55. The number of hydrogen-bond acceptors (Lipinski definition) is 3. The summed E-state index contributed by atoms with van der Waals surface area (Å²) in [7, 11) is 2.05. The molecule has 0 aliphatic rings. The monoisotopic (exact) mass is 349 g/mol. The van der Waals surface area contributed by atoms with E-state index in [-0.39, 0.29) is 0 Å². The van der Waals surface area contributed by atoms with E-state index in [1.54, 1.807) is 0 Å². The minimum atomic E-state index is 0.420. The van der Waals surface area contributed by atoms with Crippen LogP contribution in [-0.2, 0) is 6.42 Å². The number of rotatable bonds is 5. The van der Waals surface area contributed by atoms with E-state index in [0.717, 1.165) is 28.7 Å². The smallest absolute Gasteiger partial charge is 0.106 e. The summed E-state index contributed by atoms with van der Waals surface area (Å²) in [5, 5.41) is 0. The van der Waals surface area contributed by atoms with Gasteiger partial charge in [-0.3, -0.25) is 4.98 Å². The van der Waals surface area contributed by atoms with Gasteiger partial charge in [-0.15, -0.1) is 0 Å². The highest BCUT2D eigenvalue weighted by molar-refractivity contribution is 9.10. The van der Waals surface area contributed by atoms with Gasteiger partial charge in [-0.2, -0.15) is 0 Å². The van der Waals surface area contributed by atoms with Crippen molar-refractivity contribution in [2.75, 3.05) is 18.5 Å². The molecule has 0 aliphatic heterocycles. The summed E-state index contributed by atoms with van der Waals surface area (Å²) in [4.78, 5) is 6.61. The van der Waals surface area contributed by atoms with Crippen molar-refractivity contribution in [1.29, 1.82) is 0 Å². The Hall–Kier alpha value is -1.46. The average Bonchev–Trinajstić information content (AvgIpc) is 2.45. The Labute approximate surface area is 132 Å². The number of nitrogens with two attached hydrogens (primary N) is 1. The molecule has 0 fully saturated rings. The summed E-state index contributed by atoms with van der Waals surface area (Å²) in [6, 6.07) is 10.0. The first-order valence-corrected chi connectivity index (χ1v) is 7.47. The lowest BCUT2D eigenvalue weighted by molar-refractivity contribution is 0.873. The van der Waals surface area contributed by atoms with Crippen molar-refractivity contribution in [1.82, 2.24) is 4.98 Å². The number of thiocarbonyl (C=S) groups is 1. The third-order valence-corrected chi connectivity index (χ3v) is 3.83. The SMILES string of the molecule is CN(CCc1ccncc1)c1cc(Br)ccc1C(N)=S. The van der Waals surface area contributed by atoms with Gasteiger partial charge in [0.05, 0.1) is 0 Å². The maximum absolute atomic E-state index is 5.79. The fourth-order valence-electron chi connectivity index (χ4n) is 2.00. The van der Waals surface area contributed by atoms with Gasteiger partial charge in [0.25, 0.3) is 0 Å². The van der Waals surface area contributed by atoms with Crippen LogP contribution in [0.4, 0.5) is 5.69 Å². The molecular weight excluding hydrogens is 334 g/mol. The van der Waals surface area contributed by atoms with Crippen molar-refractivity contribution in [3.05, 3.63) is 58.3 Å². The zero-order valence-corrected chi connectivity index (χ0v) is 13.6. The Morgan fingerprint density at radius 1 is 1.30 bits per heavy atom. The van der Waals surface area contributed by atoms with Crippen LogP contribution in [0.5, 0.6) is 0 Å².